The van der Waals surface area contributed by atoms with Crippen LogP contribution in [0.15, 0.2) is 60.7 Å². The van der Waals surface area contributed by atoms with Gasteiger partial charge >= 0.3 is 0 Å². The van der Waals surface area contributed by atoms with Crippen LogP contribution in [0.25, 0.3) is 0 Å². The number of hydrogen-bond acceptors (Lipinski definition) is 2. The van der Waals surface area contributed by atoms with Crippen LogP contribution in [0.2, 0.25) is 0 Å². The van der Waals surface area contributed by atoms with Crippen molar-refractivity contribution in [2.24, 2.45) is 0 Å². The lowest BCUT2D eigenvalue weighted by molar-refractivity contribution is -0.116. The van der Waals surface area contributed by atoms with Crippen LogP contribution in [0, 0.1) is 0 Å². The second kappa shape index (κ2) is 6.97. The van der Waals surface area contributed by atoms with Crippen molar-refractivity contribution in [2.75, 3.05) is 11.9 Å². The van der Waals surface area contributed by atoms with Crippen molar-refractivity contribution in [2.45, 2.75) is 37.6 Å². The molecule has 2 N–H and O–H groups in total. The minimum absolute atomic E-state index is 0.0563. The third kappa shape index (κ3) is 4.20. The largest absolute Gasteiger partial charge is 0.326 e. The number of anilines is 1. The molecule has 1 saturated carbocycles. The molecular weight excluding hydrogens is 284 g/mol. The maximum absolute atomic E-state index is 12.1. The van der Waals surface area contributed by atoms with Crippen LogP contribution >= 0.6 is 0 Å². The minimum atomic E-state index is 0.0563. The lowest BCUT2D eigenvalue weighted by atomic mass is 9.95. The summed E-state index contributed by atoms with van der Waals surface area (Å²) < 4.78 is 0. The van der Waals surface area contributed by atoms with E-state index in [1.54, 1.807) is 0 Å². The van der Waals surface area contributed by atoms with E-state index in [-0.39, 0.29) is 17.4 Å². The van der Waals surface area contributed by atoms with E-state index < -0.39 is 0 Å². The van der Waals surface area contributed by atoms with Crippen molar-refractivity contribution >= 4 is 11.6 Å². The zero-order valence-electron chi connectivity index (χ0n) is 13.6. The molecule has 1 aliphatic carbocycles. The predicted molar refractivity (Wildman–Crippen MR) is 94.5 cm³/mol. The van der Waals surface area contributed by atoms with Crippen LogP contribution in [0.3, 0.4) is 0 Å². The molecule has 0 radical (unpaired) electrons. The molecule has 120 valence electrons. The molecule has 0 spiro atoms. The van der Waals surface area contributed by atoms with Gasteiger partial charge in [0, 0.05) is 30.1 Å². The molecule has 0 aromatic heterocycles. The number of benzene rings is 2. The zero-order valence-corrected chi connectivity index (χ0v) is 13.6. The molecule has 2 aromatic rings. The third-order valence-corrected chi connectivity index (χ3v) is 4.58. The van der Waals surface area contributed by atoms with E-state index in [1.165, 1.54) is 18.4 Å². The topological polar surface area (TPSA) is 41.1 Å². The van der Waals surface area contributed by atoms with E-state index in [2.05, 4.69) is 47.9 Å². The summed E-state index contributed by atoms with van der Waals surface area (Å²) in [5.41, 5.74) is 2.55. The standard InChI is InChI=1S/C20H24N2O/c1-16(14-19(23)22-18-10-6-3-7-11-18)21-15-20(12-13-20)17-8-4-2-5-9-17/h2-11,16,21H,12-15H2,1H3,(H,22,23)/t16-/m1/s1. The highest BCUT2D eigenvalue weighted by Gasteiger charge is 2.43. The summed E-state index contributed by atoms with van der Waals surface area (Å²) in [6, 6.07) is 20.5. The van der Waals surface area contributed by atoms with E-state index in [0.717, 1.165) is 12.2 Å². The summed E-state index contributed by atoms with van der Waals surface area (Å²) in [7, 11) is 0. The monoisotopic (exact) mass is 308 g/mol. The molecule has 3 rings (SSSR count). The Hall–Kier alpha value is -2.13. The summed E-state index contributed by atoms with van der Waals surface area (Å²) in [4.78, 5) is 12.1. The average Bonchev–Trinajstić information content (AvgIpc) is 3.36. The molecular formula is C20H24N2O. The van der Waals surface area contributed by atoms with Crippen molar-refractivity contribution in [1.29, 1.82) is 0 Å². The lowest BCUT2D eigenvalue weighted by Gasteiger charge is -2.20. The van der Waals surface area contributed by atoms with Crippen LogP contribution in [-0.4, -0.2) is 18.5 Å². The van der Waals surface area contributed by atoms with Crippen LogP contribution in [0.5, 0.6) is 0 Å². The third-order valence-electron chi connectivity index (χ3n) is 4.58. The Morgan fingerprint density at radius 1 is 1.04 bits per heavy atom. The Morgan fingerprint density at radius 2 is 1.65 bits per heavy atom. The van der Waals surface area contributed by atoms with Gasteiger partial charge in [0.15, 0.2) is 0 Å². The van der Waals surface area contributed by atoms with Crippen molar-refractivity contribution < 1.29 is 4.79 Å². The number of amides is 1. The van der Waals surface area contributed by atoms with E-state index in [9.17, 15) is 4.79 Å². The van der Waals surface area contributed by atoms with Gasteiger partial charge in [0.25, 0.3) is 0 Å². The molecule has 1 aliphatic rings. The van der Waals surface area contributed by atoms with E-state index in [4.69, 9.17) is 0 Å². The highest BCUT2D eigenvalue weighted by atomic mass is 16.1. The molecule has 3 heteroatoms. The Balaban J connectivity index is 1.47. The molecule has 2 aromatic carbocycles. The Morgan fingerprint density at radius 3 is 2.26 bits per heavy atom. The SMILES string of the molecule is C[C@H](CC(=O)Nc1ccccc1)NCC1(c2ccccc2)CC1. The number of carbonyl (C=O) groups excluding carboxylic acids is 1. The number of hydrogen-bond donors (Lipinski definition) is 2. The first-order chi connectivity index (χ1) is 11.2. The second-order valence-electron chi connectivity index (χ2n) is 6.55. The number of rotatable bonds is 7. The Kier molecular flexibility index (Phi) is 4.77. The van der Waals surface area contributed by atoms with E-state index in [1.807, 2.05) is 30.3 Å². The van der Waals surface area contributed by atoms with Gasteiger partial charge in [-0.15, -0.1) is 0 Å². The number of para-hydroxylation sites is 1. The van der Waals surface area contributed by atoms with Crippen LogP contribution in [0.1, 0.15) is 31.7 Å². The van der Waals surface area contributed by atoms with Crippen molar-refractivity contribution in [3.8, 4) is 0 Å². The summed E-state index contributed by atoms with van der Waals surface area (Å²) in [5, 5.41) is 6.48. The van der Waals surface area contributed by atoms with Crippen molar-refractivity contribution in [3.63, 3.8) is 0 Å². The summed E-state index contributed by atoms with van der Waals surface area (Å²) in [6.45, 7) is 3.02. The fourth-order valence-corrected chi connectivity index (χ4v) is 2.96. The van der Waals surface area contributed by atoms with Crippen molar-refractivity contribution in [1.82, 2.24) is 5.32 Å². The van der Waals surface area contributed by atoms with Gasteiger partial charge in [-0.1, -0.05) is 48.5 Å². The maximum Gasteiger partial charge on any atom is 0.225 e. The van der Waals surface area contributed by atoms with Gasteiger partial charge < -0.3 is 10.6 Å². The molecule has 3 nitrogen and oxygen atoms in total. The maximum atomic E-state index is 12.1. The summed E-state index contributed by atoms with van der Waals surface area (Å²) in [6.07, 6.45) is 2.94. The zero-order chi connectivity index (χ0) is 16.1. The molecule has 1 fully saturated rings. The van der Waals surface area contributed by atoms with Crippen molar-refractivity contribution in [3.05, 3.63) is 66.2 Å². The predicted octanol–water partition coefficient (Wildman–Crippen LogP) is 3.73. The average molecular weight is 308 g/mol. The highest BCUT2D eigenvalue weighted by Crippen LogP contribution is 2.47. The molecule has 1 atom stereocenters. The lowest BCUT2D eigenvalue weighted by Crippen LogP contribution is -2.36. The van der Waals surface area contributed by atoms with Crippen LogP contribution < -0.4 is 10.6 Å². The van der Waals surface area contributed by atoms with Gasteiger partial charge in [-0.2, -0.15) is 0 Å². The number of nitrogens with one attached hydrogen (secondary N) is 2. The van der Waals surface area contributed by atoms with E-state index in [0.29, 0.717) is 6.42 Å². The first-order valence-corrected chi connectivity index (χ1v) is 8.32. The normalized spacial score (nSPS) is 16.6. The highest BCUT2D eigenvalue weighted by molar-refractivity contribution is 5.90. The summed E-state index contributed by atoms with van der Waals surface area (Å²) in [5.74, 6) is 0.0563. The quantitative estimate of drug-likeness (QED) is 0.818. The summed E-state index contributed by atoms with van der Waals surface area (Å²) >= 11 is 0. The molecule has 0 unspecified atom stereocenters. The van der Waals surface area contributed by atoms with Gasteiger partial charge in [0.1, 0.15) is 0 Å². The van der Waals surface area contributed by atoms with Gasteiger partial charge in [0.05, 0.1) is 0 Å². The van der Waals surface area contributed by atoms with Gasteiger partial charge in [0.2, 0.25) is 5.91 Å². The number of carbonyl (C=O) groups is 1. The molecule has 0 bridgehead atoms. The van der Waals surface area contributed by atoms with Gasteiger partial charge in [-0.3, -0.25) is 4.79 Å². The van der Waals surface area contributed by atoms with Gasteiger partial charge in [-0.25, -0.2) is 0 Å². The smallest absolute Gasteiger partial charge is 0.225 e. The molecule has 0 aliphatic heterocycles. The minimum Gasteiger partial charge on any atom is -0.326 e. The fourth-order valence-electron chi connectivity index (χ4n) is 2.96. The molecule has 0 heterocycles. The van der Waals surface area contributed by atoms with E-state index >= 15 is 0 Å². The molecule has 1 amide bonds. The second-order valence-corrected chi connectivity index (χ2v) is 6.55. The van der Waals surface area contributed by atoms with Crippen LogP contribution in [-0.2, 0) is 10.2 Å². The van der Waals surface area contributed by atoms with Crippen LogP contribution in [0.4, 0.5) is 5.69 Å². The van der Waals surface area contributed by atoms with Gasteiger partial charge in [-0.05, 0) is 37.5 Å². The fraction of sp³-hybridized carbons (Fsp3) is 0.350. The first-order valence-electron chi connectivity index (χ1n) is 8.32. The molecule has 23 heavy (non-hydrogen) atoms. The Bertz CT molecular complexity index is 635. The molecule has 0 saturated heterocycles. The first kappa shape index (κ1) is 15.8. The Labute approximate surface area is 138 Å².